The molecule has 8 heteroatoms. The Kier molecular flexibility index (Phi) is 4.63. The molecule has 0 unspecified atom stereocenters. The normalized spacial score (nSPS) is 11.4. The van der Waals surface area contributed by atoms with E-state index in [4.69, 9.17) is 23.2 Å². The van der Waals surface area contributed by atoms with Crippen LogP contribution < -0.4 is 10.9 Å². The Morgan fingerprint density at radius 3 is 2.32 bits per heavy atom. The second-order valence-corrected chi connectivity index (χ2v) is 6.66. The molecular weight excluding hydrogens is 325 g/mol. The van der Waals surface area contributed by atoms with E-state index in [1.807, 2.05) is 20.8 Å². The molecular formula is C14H17Cl2N5O. The van der Waals surface area contributed by atoms with Gasteiger partial charge >= 0.3 is 0 Å². The Hall–Kier alpha value is -1.79. The standard InChI is InChI=1S/C14H17Cl2N5O/c1-14(2,3)11-5-10(21(4)20-11)13(22)19-18-12-8(15)6-17-7-9(12)16/h5-7H,1-4H3,(H,17,18)(H,19,22). The third-order valence-electron chi connectivity index (χ3n) is 3.04. The Morgan fingerprint density at radius 2 is 1.82 bits per heavy atom. The summed E-state index contributed by atoms with van der Waals surface area (Å²) in [5.41, 5.74) is 6.79. The molecule has 2 aromatic rings. The first-order chi connectivity index (χ1) is 10.2. The number of amides is 1. The van der Waals surface area contributed by atoms with Gasteiger partial charge in [-0.25, -0.2) is 0 Å². The van der Waals surface area contributed by atoms with E-state index in [1.54, 1.807) is 13.1 Å². The summed E-state index contributed by atoms with van der Waals surface area (Å²) in [7, 11) is 1.72. The average molecular weight is 342 g/mol. The number of carbonyl (C=O) groups is 1. The number of nitrogens with zero attached hydrogens (tertiary/aromatic N) is 3. The van der Waals surface area contributed by atoms with Crippen molar-refractivity contribution in [2.75, 3.05) is 5.43 Å². The maximum Gasteiger partial charge on any atom is 0.287 e. The largest absolute Gasteiger partial charge is 0.295 e. The molecule has 2 heterocycles. The summed E-state index contributed by atoms with van der Waals surface area (Å²) in [6, 6.07) is 1.76. The van der Waals surface area contributed by atoms with Crippen molar-refractivity contribution in [2.24, 2.45) is 7.05 Å². The molecule has 0 atom stereocenters. The molecule has 2 N–H and O–H groups in total. The van der Waals surface area contributed by atoms with Crippen molar-refractivity contribution >= 4 is 34.8 Å². The van der Waals surface area contributed by atoms with Crippen molar-refractivity contribution in [1.82, 2.24) is 20.2 Å². The van der Waals surface area contributed by atoms with Gasteiger partial charge in [-0.3, -0.25) is 25.3 Å². The lowest BCUT2D eigenvalue weighted by atomic mass is 9.92. The van der Waals surface area contributed by atoms with E-state index in [2.05, 4.69) is 20.9 Å². The van der Waals surface area contributed by atoms with Gasteiger partial charge in [0.15, 0.2) is 0 Å². The molecule has 0 saturated heterocycles. The van der Waals surface area contributed by atoms with E-state index in [0.717, 1.165) is 5.69 Å². The van der Waals surface area contributed by atoms with E-state index in [1.165, 1.54) is 17.1 Å². The predicted molar refractivity (Wildman–Crippen MR) is 87.3 cm³/mol. The van der Waals surface area contributed by atoms with Crippen molar-refractivity contribution < 1.29 is 4.79 Å². The third kappa shape index (κ3) is 3.51. The first-order valence-electron chi connectivity index (χ1n) is 6.60. The number of nitrogens with one attached hydrogen (secondary N) is 2. The molecule has 0 aliphatic carbocycles. The maximum atomic E-state index is 12.3. The second-order valence-electron chi connectivity index (χ2n) is 5.85. The van der Waals surface area contributed by atoms with Crippen molar-refractivity contribution in [2.45, 2.75) is 26.2 Å². The number of hydrogen-bond acceptors (Lipinski definition) is 4. The number of anilines is 1. The maximum absolute atomic E-state index is 12.3. The van der Waals surface area contributed by atoms with Crippen LogP contribution in [0.15, 0.2) is 18.5 Å². The fraction of sp³-hybridized carbons (Fsp3) is 0.357. The molecule has 0 saturated carbocycles. The highest BCUT2D eigenvalue weighted by Crippen LogP contribution is 2.28. The topological polar surface area (TPSA) is 71.8 Å². The van der Waals surface area contributed by atoms with Crippen LogP contribution in [0.1, 0.15) is 37.0 Å². The summed E-state index contributed by atoms with van der Waals surface area (Å²) >= 11 is 12.0. The molecule has 0 radical (unpaired) electrons. The van der Waals surface area contributed by atoms with Crippen LogP contribution >= 0.6 is 23.2 Å². The van der Waals surface area contributed by atoms with E-state index >= 15 is 0 Å². The van der Waals surface area contributed by atoms with Crippen LogP contribution in [-0.4, -0.2) is 20.7 Å². The molecule has 0 fully saturated rings. The quantitative estimate of drug-likeness (QED) is 0.841. The summed E-state index contributed by atoms with van der Waals surface area (Å²) in [6.07, 6.45) is 2.87. The Bertz CT molecular complexity index is 685. The summed E-state index contributed by atoms with van der Waals surface area (Å²) in [4.78, 5) is 16.1. The molecule has 0 aliphatic rings. The van der Waals surface area contributed by atoms with Gasteiger partial charge in [0.1, 0.15) is 5.69 Å². The fourth-order valence-electron chi connectivity index (χ4n) is 1.76. The minimum atomic E-state index is -0.338. The Balaban J connectivity index is 2.15. The molecule has 1 amide bonds. The van der Waals surface area contributed by atoms with Gasteiger partial charge in [-0.1, -0.05) is 44.0 Å². The average Bonchev–Trinajstić information content (AvgIpc) is 2.80. The van der Waals surface area contributed by atoms with Crippen LogP contribution in [0, 0.1) is 0 Å². The van der Waals surface area contributed by atoms with E-state index in [0.29, 0.717) is 21.4 Å². The predicted octanol–water partition coefficient (Wildman–Crippen LogP) is 3.18. The number of aryl methyl sites for hydroxylation is 1. The van der Waals surface area contributed by atoms with Gasteiger partial charge in [0, 0.05) is 24.9 Å². The zero-order valence-electron chi connectivity index (χ0n) is 12.7. The molecule has 0 spiro atoms. The number of rotatable bonds is 3. The first-order valence-corrected chi connectivity index (χ1v) is 7.35. The molecule has 118 valence electrons. The molecule has 0 aromatic carbocycles. The van der Waals surface area contributed by atoms with Crippen LogP contribution in [-0.2, 0) is 12.5 Å². The molecule has 2 aromatic heterocycles. The van der Waals surface area contributed by atoms with Crippen LogP contribution in [0.5, 0.6) is 0 Å². The van der Waals surface area contributed by atoms with E-state index < -0.39 is 0 Å². The highest BCUT2D eigenvalue weighted by molar-refractivity contribution is 6.38. The lowest BCUT2D eigenvalue weighted by Crippen LogP contribution is -2.31. The second kappa shape index (κ2) is 6.14. The zero-order chi connectivity index (χ0) is 16.5. The summed E-state index contributed by atoms with van der Waals surface area (Å²) in [6.45, 7) is 6.10. The van der Waals surface area contributed by atoms with Gasteiger partial charge in [0.05, 0.1) is 21.4 Å². The summed E-state index contributed by atoms with van der Waals surface area (Å²) in [5, 5.41) is 4.99. The van der Waals surface area contributed by atoms with Crippen LogP contribution in [0.4, 0.5) is 5.69 Å². The van der Waals surface area contributed by atoms with Gasteiger partial charge in [0.25, 0.3) is 5.91 Å². The SMILES string of the molecule is Cn1nc(C(C)(C)C)cc1C(=O)NNc1c(Cl)cncc1Cl. The smallest absolute Gasteiger partial charge is 0.287 e. The van der Waals surface area contributed by atoms with Crippen molar-refractivity contribution in [3.8, 4) is 0 Å². The summed E-state index contributed by atoms with van der Waals surface area (Å²) < 4.78 is 1.54. The fourth-order valence-corrected chi connectivity index (χ4v) is 2.22. The van der Waals surface area contributed by atoms with Gasteiger partial charge in [-0.15, -0.1) is 0 Å². The third-order valence-corrected chi connectivity index (χ3v) is 3.61. The number of carbonyl (C=O) groups excluding carboxylic acids is 1. The lowest BCUT2D eigenvalue weighted by Gasteiger charge is -2.13. The van der Waals surface area contributed by atoms with Crippen molar-refractivity contribution in [3.05, 3.63) is 39.9 Å². The van der Waals surface area contributed by atoms with Crippen LogP contribution in [0.3, 0.4) is 0 Å². The monoisotopic (exact) mass is 341 g/mol. The summed E-state index contributed by atoms with van der Waals surface area (Å²) in [5.74, 6) is -0.338. The highest BCUT2D eigenvalue weighted by Gasteiger charge is 2.21. The number of hydrazine groups is 1. The molecule has 22 heavy (non-hydrogen) atoms. The minimum Gasteiger partial charge on any atom is -0.295 e. The van der Waals surface area contributed by atoms with Gasteiger partial charge in [-0.05, 0) is 6.07 Å². The van der Waals surface area contributed by atoms with E-state index in [-0.39, 0.29) is 11.3 Å². The molecule has 0 aliphatic heterocycles. The van der Waals surface area contributed by atoms with Crippen molar-refractivity contribution in [1.29, 1.82) is 0 Å². The molecule has 2 rings (SSSR count). The van der Waals surface area contributed by atoms with Gasteiger partial charge < -0.3 is 0 Å². The Labute approximate surface area is 138 Å². The van der Waals surface area contributed by atoms with Crippen molar-refractivity contribution in [3.63, 3.8) is 0 Å². The van der Waals surface area contributed by atoms with Gasteiger partial charge in [-0.2, -0.15) is 5.10 Å². The minimum absolute atomic E-state index is 0.137. The first kappa shape index (κ1) is 16.6. The van der Waals surface area contributed by atoms with Crippen LogP contribution in [0.25, 0.3) is 0 Å². The molecule has 6 nitrogen and oxygen atoms in total. The number of halogens is 2. The highest BCUT2D eigenvalue weighted by atomic mass is 35.5. The molecule has 0 bridgehead atoms. The zero-order valence-corrected chi connectivity index (χ0v) is 14.2. The Morgan fingerprint density at radius 1 is 1.23 bits per heavy atom. The lowest BCUT2D eigenvalue weighted by molar-refractivity contribution is 0.0953. The van der Waals surface area contributed by atoms with Gasteiger partial charge in [0.2, 0.25) is 0 Å². The number of hydrogen-bond donors (Lipinski definition) is 2. The van der Waals surface area contributed by atoms with Crippen LogP contribution in [0.2, 0.25) is 10.0 Å². The number of aromatic nitrogens is 3. The number of pyridine rings is 1. The van der Waals surface area contributed by atoms with E-state index in [9.17, 15) is 4.79 Å².